The van der Waals surface area contributed by atoms with Crippen molar-refractivity contribution in [3.63, 3.8) is 0 Å². The number of rotatable bonds is 4. The first kappa shape index (κ1) is 19.0. The highest BCUT2D eigenvalue weighted by atomic mass is 35.5. The molecule has 0 aromatic heterocycles. The zero-order valence-electron chi connectivity index (χ0n) is 15.8. The van der Waals surface area contributed by atoms with Crippen molar-refractivity contribution in [1.82, 2.24) is 21.3 Å². The number of hydrogen-bond donors (Lipinski definition) is 4. The zero-order chi connectivity index (χ0) is 19.5. The number of carbonyl (C=O) groups is 1. The number of carbonyl (C=O) groups excluding carboxylic acids is 1. The van der Waals surface area contributed by atoms with E-state index in [1.807, 2.05) is 29.2 Å². The molecular formula is C20H25ClN6O. The Bertz CT molecular complexity index is 839. The fourth-order valence-corrected chi connectivity index (χ4v) is 3.84. The molecule has 2 saturated heterocycles. The lowest BCUT2D eigenvalue weighted by atomic mass is 10.1. The number of piperazine rings is 1. The molecule has 2 atom stereocenters. The summed E-state index contributed by atoms with van der Waals surface area (Å²) in [4.78, 5) is 17.3. The molecule has 2 aliphatic rings. The van der Waals surface area contributed by atoms with E-state index in [0.717, 1.165) is 18.8 Å². The van der Waals surface area contributed by atoms with Gasteiger partial charge in [0.15, 0.2) is 0 Å². The fraction of sp³-hybridized carbons (Fsp3) is 0.350. The van der Waals surface area contributed by atoms with Crippen LogP contribution in [0.25, 0.3) is 0 Å². The van der Waals surface area contributed by atoms with Crippen LogP contribution < -0.4 is 26.6 Å². The second kappa shape index (κ2) is 8.36. The first-order valence-corrected chi connectivity index (χ1v) is 9.86. The summed E-state index contributed by atoms with van der Waals surface area (Å²) in [5.41, 5.74) is 12.3. The smallest absolute Gasteiger partial charge is 0.244 e. The van der Waals surface area contributed by atoms with Gasteiger partial charge >= 0.3 is 0 Å². The maximum atomic E-state index is 13.1. The summed E-state index contributed by atoms with van der Waals surface area (Å²) in [6.45, 7) is 5.16. The maximum Gasteiger partial charge on any atom is 0.244 e. The van der Waals surface area contributed by atoms with E-state index in [1.165, 1.54) is 11.3 Å². The highest BCUT2D eigenvalue weighted by Crippen LogP contribution is 2.20. The third-order valence-corrected chi connectivity index (χ3v) is 5.39. The van der Waals surface area contributed by atoms with Crippen LogP contribution in [-0.4, -0.2) is 49.2 Å². The first-order valence-electron chi connectivity index (χ1n) is 9.49. The molecule has 8 heteroatoms. The van der Waals surface area contributed by atoms with E-state index in [4.69, 9.17) is 11.6 Å². The Morgan fingerprint density at radius 1 is 1.07 bits per heavy atom. The van der Waals surface area contributed by atoms with Crippen LogP contribution in [0.5, 0.6) is 0 Å². The monoisotopic (exact) mass is 400 g/mol. The van der Waals surface area contributed by atoms with Crippen molar-refractivity contribution in [3.8, 4) is 0 Å². The van der Waals surface area contributed by atoms with Crippen LogP contribution in [0, 0.1) is 6.92 Å². The third kappa shape index (κ3) is 4.23. The van der Waals surface area contributed by atoms with Gasteiger partial charge in [0, 0.05) is 42.6 Å². The molecule has 0 saturated carbocycles. The van der Waals surface area contributed by atoms with E-state index in [0.29, 0.717) is 18.1 Å². The van der Waals surface area contributed by atoms with Gasteiger partial charge in [0.25, 0.3) is 0 Å². The minimum absolute atomic E-state index is 0.0703. The lowest BCUT2D eigenvalue weighted by Crippen LogP contribution is -2.57. The second-order valence-electron chi connectivity index (χ2n) is 7.18. The van der Waals surface area contributed by atoms with Crippen molar-refractivity contribution in [2.45, 2.75) is 19.1 Å². The largest absolute Gasteiger partial charge is 0.368 e. The number of hydrazine groups is 2. The van der Waals surface area contributed by atoms with Gasteiger partial charge in [0.1, 0.15) is 12.2 Å². The lowest BCUT2D eigenvalue weighted by molar-refractivity contribution is -0.133. The van der Waals surface area contributed by atoms with E-state index in [1.54, 1.807) is 0 Å². The molecule has 2 heterocycles. The Balaban J connectivity index is 1.36. The Morgan fingerprint density at radius 2 is 1.86 bits per heavy atom. The summed E-state index contributed by atoms with van der Waals surface area (Å²) >= 11 is 6.05. The van der Waals surface area contributed by atoms with Crippen LogP contribution in [0.3, 0.4) is 0 Å². The van der Waals surface area contributed by atoms with Crippen molar-refractivity contribution in [2.75, 3.05) is 36.4 Å². The van der Waals surface area contributed by atoms with Crippen molar-refractivity contribution < 1.29 is 4.79 Å². The summed E-state index contributed by atoms with van der Waals surface area (Å²) in [6, 6.07) is 15.5. The standard InChI is InChI=1S/C20H25ClN6O/c1-14-4-2-7-17(12-14)26-8-10-27(11-9-26)20(28)18-19(24-25-23-18)22-16-6-3-5-15(21)13-16/h2-7,12-13,18-19,22-25H,8-11H2,1H3. The van der Waals surface area contributed by atoms with Gasteiger partial charge < -0.3 is 15.1 Å². The minimum Gasteiger partial charge on any atom is -0.368 e. The van der Waals surface area contributed by atoms with E-state index in [2.05, 4.69) is 57.8 Å². The van der Waals surface area contributed by atoms with Gasteiger partial charge in [-0.2, -0.15) is 5.53 Å². The average Bonchev–Trinajstić information content (AvgIpc) is 3.15. The number of nitrogens with zero attached hydrogens (tertiary/aromatic N) is 2. The Kier molecular flexibility index (Phi) is 5.68. The quantitative estimate of drug-likeness (QED) is 0.626. The summed E-state index contributed by atoms with van der Waals surface area (Å²) < 4.78 is 0. The van der Waals surface area contributed by atoms with Gasteiger partial charge in [-0.3, -0.25) is 4.79 Å². The molecule has 2 aromatic carbocycles. The SMILES string of the molecule is Cc1cccc(N2CCN(C(=O)C3NNNC3Nc3cccc(Cl)c3)CC2)c1. The first-order chi connectivity index (χ1) is 13.6. The molecule has 2 aromatic rings. The molecule has 2 aliphatic heterocycles. The summed E-state index contributed by atoms with van der Waals surface area (Å²) in [7, 11) is 0. The number of nitrogens with one attached hydrogen (secondary N) is 4. The fourth-order valence-electron chi connectivity index (χ4n) is 3.65. The maximum absolute atomic E-state index is 13.1. The predicted octanol–water partition coefficient (Wildman–Crippen LogP) is 1.72. The average molecular weight is 401 g/mol. The van der Waals surface area contributed by atoms with Gasteiger partial charge in [-0.15, -0.1) is 0 Å². The van der Waals surface area contributed by atoms with Crippen molar-refractivity contribution in [1.29, 1.82) is 0 Å². The minimum atomic E-state index is -0.412. The molecular weight excluding hydrogens is 376 g/mol. The number of benzene rings is 2. The normalized spacial score (nSPS) is 22.4. The molecule has 4 rings (SSSR count). The Labute approximate surface area is 170 Å². The van der Waals surface area contributed by atoms with Gasteiger partial charge in [0.05, 0.1) is 0 Å². The van der Waals surface area contributed by atoms with Gasteiger partial charge in [-0.05, 0) is 42.8 Å². The van der Waals surface area contributed by atoms with Crippen molar-refractivity contribution >= 4 is 28.9 Å². The molecule has 0 radical (unpaired) electrons. The van der Waals surface area contributed by atoms with Crippen molar-refractivity contribution in [2.24, 2.45) is 0 Å². The van der Waals surface area contributed by atoms with E-state index in [-0.39, 0.29) is 12.1 Å². The number of aryl methyl sites for hydroxylation is 1. The Morgan fingerprint density at radius 3 is 2.61 bits per heavy atom. The lowest BCUT2D eigenvalue weighted by Gasteiger charge is -2.37. The topological polar surface area (TPSA) is 71.7 Å². The molecule has 2 unspecified atom stereocenters. The number of halogens is 1. The van der Waals surface area contributed by atoms with Crippen LogP contribution in [0.2, 0.25) is 5.02 Å². The van der Waals surface area contributed by atoms with Gasteiger partial charge in [-0.25, -0.2) is 10.9 Å². The predicted molar refractivity (Wildman–Crippen MR) is 112 cm³/mol. The molecule has 4 N–H and O–H groups in total. The summed E-state index contributed by atoms with van der Waals surface area (Å²) in [5, 5.41) is 3.97. The van der Waals surface area contributed by atoms with Gasteiger partial charge in [0.2, 0.25) is 5.91 Å². The zero-order valence-corrected chi connectivity index (χ0v) is 16.5. The molecule has 0 aliphatic carbocycles. The van der Waals surface area contributed by atoms with Crippen LogP contribution in [0.1, 0.15) is 5.56 Å². The van der Waals surface area contributed by atoms with Crippen LogP contribution in [0.15, 0.2) is 48.5 Å². The van der Waals surface area contributed by atoms with E-state index < -0.39 is 6.04 Å². The molecule has 7 nitrogen and oxygen atoms in total. The number of hydrogen-bond acceptors (Lipinski definition) is 6. The van der Waals surface area contributed by atoms with Crippen LogP contribution in [0.4, 0.5) is 11.4 Å². The highest BCUT2D eigenvalue weighted by molar-refractivity contribution is 6.30. The molecule has 28 heavy (non-hydrogen) atoms. The van der Waals surface area contributed by atoms with Crippen LogP contribution >= 0.6 is 11.6 Å². The van der Waals surface area contributed by atoms with Crippen molar-refractivity contribution in [3.05, 3.63) is 59.1 Å². The van der Waals surface area contributed by atoms with E-state index in [9.17, 15) is 4.79 Å². The molecule has 148 valence electrons. The van der Waals surface area contributed by atoms with Gasteiger partial charge in [-0.1, -0.05) is 29.8 Å². The van der Waals surface area contributed by atoms with Crippen LogP contribution in [-0.2, 0) is 4.79 Å². The number of anilines is 2. The second-order valence-corrected chi connectivity index (χ2v) is 7.61. The number of amides is 1. The molecule has 0 bridgehead atoms. The highest BCUT2D eigenvalue weighted by Gasteiger charge is 2.36. The summed E-state index contributed by atoms with van der Waals surface area (Å²) in [5.74, 6) is 0.0703. The summed E-state index contributed by atoms with van der Waals surface area (Å²) in [6.07, 6.45) is -0.277. The Hall–Kier alpha value is -2.32. The molecule has 1 amide bonds. The third-order valence-electron chi connectivity index (χ3n) is 5.16. The molecule has 0 spiro atoms. The van der Waals surface area contributed by atoms with E-state index >= 15 is 0 Å². The molecule has 2 fully saturated rings.